The summed E-state index contributed by atoms with van der Waals surface area (Å²) in [6, 6.07) is 20.6. The van der Waals surface area contributed by atoms with E-state index in [0.29, 0.717) is 0 Å². The molecule has 3 heteroatoms. The van der Waals surface area contributed by atoms with Crippen LogP contribution in [0.25, 0.3) is 0 Å². The average Bonchev–Trinajstić information content (AvgIpc) is 2.49. The lowest BCUT2D eigenvalue weighted by Gasteiger charge is -2.28. The molecule has 0 aliphatic carbocycles. The van der Waals surface area contributed by atoms with E-state index in [-0.39, 0.29) is 6.04 Å². The van der Waals surface area contributed by atoms with E-state index < -0.39 is 13.8 Å². The van der Waals surface area contributed by atoms with Crippen LogP contribution in [0.3, 0.4) is 0 Å². The molecule has 0 heterocycles. The Morgan fingerprint density at radius 1 is 0.895 bits per heavy atom. The van der Waals surface area contributed by atoms with Crippen LogP contribution in [0.1, 0.15) is 6.92 Å². The first-order chi connectivity index (χ1) is 9.24. The molecule has 0 radical (unpaired) electrons. The molecule has 0 aliphatic rings. The van der Waals surface area contributed by atoms with Crippen molar-refractivity contribution >= 4 is 18.5 Å². The summed E-state index contributed by atoms with van der Waals surface area (Å²) >= 11 is 0. The third kappa shape index (κ3) is 3.42. The molecule has 0 amide bonds. The van der Waals surface area contributed by atoms with Gasteiger partial charge in [0.2, 0.25) is 0 Å². The fraction of sp³-hybridized carbons (Fsp3) is 0.250. The zero-order valence-electron chi connectivity index (χ0n) is 11.3. The zero-order valence-corrected chi connectivity index (χ0v) is 12.2. The van der Waals surface area contributed by atoms with Gasteiger partial charge < -0.3 is 10.4 Å². The predicted molar refractivity (Wildman–Crippen MR) is 83.6 cm³/mol. The molecule has 2 aromatic rings. The Labute approximate surface area is 116 Å². The molecule has 100 valence electrons. The molecular formula is C16H20NOP. The van der Waals surface area contributed by atoms with Gasteiger partial charge in [-0.15, -0.1) is 0 Å². The van der Waals surface area contributed by atoms with Gasteiger partial charge in [-0.2, -0.15) is 0 Å². The fourth-order valence-electron chi connectivity index (χ4n) is 2.00. The Balaban J connectivity index is 2.40. The molecule has 0 aromatic heterocycles. The quantitative estimate of drug-likeness (QED) is 0.817. The molecular weight excluding hydrogens is 253 g/mol. The zero-order chi connectivity index (χ0) is 13.7. The standard InChI is InChI=1S/C16H20NOP/c1-13(17-2)16(18)19(14-9-5-3-6-10-14)15-11-7-4-8-12-15/h3-13,16-18H,1-2H3. The predicted octanol–water partition coefficient (Wildman–Crippen LogP) is 2.05. The number of hydrogen-bond acceptors (Lipinski definition) is 2. The smallest absolute Gasteiger partial charge is 0.0962 e. The van der Waals surface area contributed by atoms with E-state index in [1.807, 2.05) is 50.4 Å². The van der Waals surface area contributed by atoms with Crippen molar-refractivity contribution in [3.63, 3.8) is 0 Å². The Morgan fingerprint density at radius 2 is 1.32 bits per heavy atom. The second kappa shape index (κ2) is 6.81. The number of likely N-dealkylation sites (N-methyl/N-ethyl adjacent to an activating group) is 1. The second-order valence-corrected chi connectivity index (χ2v) is 6.83. The van der Waals surface area contributed by atoms with Crippen molar-refractivity contribution < 1.29 is 5.11 Å². The Bertz CT molecular complexity index is 449. The van der Waals surface area contributed by atoms with Gasteiger partial charge in [0.15, 0.2) is 0 Å². The van der Waals surface area contributed by atoms with E-state index in [0.717, 1.165) is 0 Å². The van der Waals surface area contributed by atoms with E-state index >= 15 is 0 Å². The van der Waals surface area contributed by atoms with Crippen LogP contribution in [0.2, 0.25) is 0 Å². The molecule has 2 rings (SSSR count). The third-order valence-electron chi connectivity index (χ3n) is 3.24. The molecule has 2 nitrogen and oxygen atoms in total. The molecule has 2 aromatic carbocycles. The molecule has 0 saturated carbocycles. The Morgan fingerprint density at radius 3 is 1.68 bits per heavy atom. The van der Waals surface area contributed by atoms with Crippen molar-refractivity contribution in [2.24, 2.45) is 0 Å². The fourth-order valence-corrected chi connectivity index (χ4v) is 4.50. The van der Waals surface area contributed by atoms with E-state index in [1.165, 1.54) is 10.6 Å². The van der Waals surface area contributed by atoms with Gasteiger partial charge in [-0.05, 0) is 32.5 Å². The number of aliphatic hydroxyl groups is 1. The van der Waals surface area contributed by atoms with Crippen LogP contribution < -0.4 is 15.9 Å². The minimum absolute atomic E-state index is 0.0616. The van der Waals surface area contributed by atoms with Crippen LogP contribution in [0, 0.1) is 0 Å². The molecule has 0 fully saturated rings. The van der Waals surface area contributed by atoms with Crippen LogP contribution in [0.5, 0.6) is 0 Å². The molecule has 2 unspecified atom stereocenters. The van der Waals surface area contributed by atoms with Crippen LogP contribution in [-0.2, 0) is 0 Å². The first-order valence-corrected chi connectivity index (χ1v) is 7.90. The highest BCUT2D eigenvalue weighted by molar-refractivity contribution is 7.73. The Hall–Kier alpha value is -1.21. The number of aliphatic hydroxyl groups excluding tert-OH is 1. The van der Waals surface area contributed by atoms with E-state index in [2.05, 4.69) is 29.6 Å². The van der Waals surface area contributed by atoms with Gasteiger partial charge in [0.05, 0.1) is 5.85 Å². The van der Waals surface area contributed by atoms with Crippen molar-refractivity contribution in [2.75, 3.05) is 7.05 Å². The normalized spacial score (nSPS) is 14.3. The number of hydrogen-bond donors (Lipinski definition) is 2. The van der Waals surface area contributed by atoms with Gasteiger partial charge in [0.1, 0.15) is 0 Å². The maximum atomic E-state index is 10.7. The van der Waals surface area contributed by atoms with Gasteiger partial charge in [0, 0.05) is 6.04 Å². The monoisotopic (exact) mass is 273 g/mol. The summed E-state index contributed by atoms with van der Waals surface area (Å²) in [5.74, 6) is -0.398. The van der Waals surface area contributed by atoms with E-state index in [4.69, 9.17) is 0 Å². The van der Waals surface area contributed by atoms with Gasteiger partial charge in [-0.25, -0.2) is 0 Å². The van der Waals surface area contributed by atoms with Gasteiger partial charge in [-0.1, -0.05) is 60.7 Å². The number of nitrogens with one attached hydrogen (secondary N) is 1. The molecule has 2 N–H and O–H groups in total. The summed E-state index contributed by atoms with van der Waals surface area (Å²) < 4.78 is 0. The minimum atomic E-state index is -0.764. The van der Waals surface area contributed by atoms with Crippen LogP contribution in [0.4, 0.5) is 0 Å². The van der Waals surface area contributed by atoms with Crippen molar-refractivity contribution in [1.82, 2.24) is 5.32 Å². The summed E-state index contributed by atoms with van der Waals surface area (Å²) in [7, 11) is 1.12. The van der Waals surface area contributed by atoms with Crippen LogP contribution in [-0.4, -0.2) is 24.0 Å². The Kier molecular flexibility index (Phi) is 5.09. The second-order valence-electron chi connectivity index (χ2n) is 4.53. The summed E-state index contributed by atoms with van der Waals surface area (Å²) in [6.07, 6.45) is 0. The number of rotatable bonds is 5. The maximum absolute atomic E-state index is 10.7. The highest BCUT2D eigenvalue weighted by Gasteiger charge is 2.26. The molecule has 19 heavy (non-hydrogen) atoms. The highest BCUT2D eigenvalue weighted by atomic mass is 31.1. The summed E-state index contributed by atoms with van der Waals surface area (Å²) in [4.78, 5) is 0. The first-order valence-electron chi connectivity index (χ1n) is 6.48. The minimum Gasteiger partial charge on any atom is -0.386 e. The van der Waals surface area contributed by atoms with Crippen molar-refractivity contribution in [2.45, 2.75) is 18.8 Å². The van der Waals surface area contributed by atoms with Crippen LogP contribution in [0.15, 0.2) is 60.7 Å². The van der Waals surface area contributed by atoms with Gasteiger partial charge in [-0.3, -0.25) is 0 Å². The van der Waals surface area contributed by atoms with Gasteiger partial charge >= 0.3 is 0 Å². The molecule has 0 bridgehead atoms. The van der Waals surface area contributed by atoms with E-state index in [1.54, 1.807) is 0 Å². The SMILES string of the molecule is CNC(C)C(O)P(c1ccccc1)c1ccccc1. The third-order valence-corrected chi connectivity index (χ3v) is 5.92. The van der Waals surface area contributed by atoms with Gasteiger partial charge in [0.25, 0.3) is 0 Å². The summed E-state index contributed by atoms with van der Waals surface area (Å²) in [5, 5.41) is 16.2. The largest absolute Gasteiger partial charge is 0.386 e. The highest BCUT2D eigenvalue weighted by Crippen LogP contribution is 2.39. The van der Waals surface area contributed by atoms with Crippen molar-refractivity contribution in [3.8, 4) is 0 Å². The lowest BCUT2D eigenvalue weighted by atomic mass is 10.3. The maximum Gasteiger partial charge on any atom is 0.0962 e. The molecule has 0 saturated heterocycles. The first kappa shape index (κ1) is 14.2. The van der Waals surface area contributed by atoms with Crippen molar-refractivity contribution in [1.29, 1.82) is 0 Å². The molecule has 0 aliphatic heterocycles. The van der Waals surface area contributed by atoms with Crippen molar-refractivity contribution in [3.05, 3.63) is 60.7 Å². The lowest BCUT2D eigenvalue weighted by Crippen LogP contribution is -2.37. The number of benzene rings is 2. The van der Waals surface area contributed by atoms with E-state index in [9.17, 15) is 5.11 Å². The molecule has 0 spiro atoms. The lowest BCUT2D eigenvalue weighted by molar-refractivity contribution is 0.219. The topological polar surface area (TPSA) is 32.3 Å². The van der Waals surface area contributed by atoms with Crippen LogP contribution >= 0.6 is 7.92 Å². The summed E-state index contributed by atoms with van der Waals surface area (Å²) in [5.41, 5.74) is 0. The molecule has 2 atom stereocenters. The summed E-state index contributed by atoms with van der Waals surface area (Å²) in [6.45, 7) is 2.02. The average molecular weight is 273 g/mol.